The Bertz CT molecular complexity index is 6.00. The van der Waals surface area contributed by atoms with Gasteiger partial charge < -0.3 is 7.43 Å². The van der Waals surface area contributed by atoms with Crippen molar-refractivity contribution < 1.29 is 0 Å². The van der Waals surface area contributed by atoms with Crippen molar-refractivity contribution in [1.29, 1.82) is 0 Å². The van der Waals surface area contributed by atoms with Crippen LogP contribution in [0, 0.1) is 7.43 Å². The minimum Gasteiger partial charge on any atom is -0.358 e. The smallest absolute Gasteiger partial charge is 0.358 e. The molecule has 0 heterocycles. The summed E-state index contributed by atoms with van der Waals surface area (Å²) >= 11 is 6.67. The Morgan fingerprint density at radius 2 is 1.25 bits per heavy atom. The second kappa shape index (κ2) is 8.82. The summed E-state index contributed by atoms with van der Waals surface area (Å²) in [6.07, 6.45) is 0. The van der Waals surface area contributed by atoms with E-state index in [1.54, 1.807) is 0 Å². The molecule has 4 heavy (non-hydrogen) atoms. The van der Waals surface area contributed by atoms with E-state index in [0.29, 0.717) is 11.6 Å². The van der Waals surface area contributed by atoms with E-state index in [9.17, 15) is 0 Å². The molecule has 0 saturated heterocycles. The van der Waals surface area contributed by atoms with E-state index in [1.165, 1.54) is 0 Å². The van der Waals surface area contributed by atoms with E-state index in [1.807, 2.05) is 0 Å². The summed E-state index contributed by atoms with van der Waals surface area (Å²) in [5, 5.41) is 0. The van der Waals surface area contributed by atoms with Crippen molar-refractivity contribution in [3.8, 4) is 0 Å². The zero-order chi connectivity index (χ0) is 2.71. The Labute approximate surface area is 47.0 Å². The summed E-state index contributed by atoms with van der Waals surface area (Å²) in [5.41, 5.74) is 0. The van der Waals surface area contributed by atoms with Crippen molar-refractivity contribution in [3.05, 3.63) is 7.43 Å². The molecule has 24 valence electrons. The number of rotatable bonds is 0. The van der Waals surface area contributed by atoms with Gasteiger partial charge in [0.1, 0.15) is 0 Å². The normalized spacial score (nSPS) is 2.50. The van der Waals surface area contributed by atoms with Gasteiger partial charge >= 0.3 is 39.7 Å². The molecule has 0 radical (unpaired) electrons. The summed E-state index contributed by atoms with van der Waals surface area (Å²) in [7, 11) is 0. The third-order valence-corrected chi connectivity index (χ3v) is 0. The Morgan fingerprint density at radius 3 is 1.25 bits per heavy atom. The molecule has 0 aliphatic rings. The molecule has 0 rings (SSSR count). The van der Waals surface area contributed by atoms with Crippen LogP contribution in [0.15, 0.2) is 0 Å². The van der Waals surface area contributed by atoms with Crippen molar-refractivity contribution in [1.82, 2.24) is 0 Å². The molecule has 0 aliphatic heterocycles. The molecule has 3 heteroatoms. The van der Waals surface area contributed by atoms with Crippen LogP contribution >= 0.6 is 28.1 Å². The fourth-order valence-electron chi connectivity index (χ4n) is 0. The van der Waals surface area contributed by atoms with Gasteiger partial charge in [-0.1, -0.05) is 0 Å². The molecule has 0 aliphatic carbocycles. The van der Waals surface area contributed by atoms with E-state index in [2.05, 4.69) is 28.1 Å². The topological polar surface area (TPSA) is 0 Å². The SMILES string of the molecule is [Br][Al+][Br].[CH3-]. The van der Waals surface area contributed by atoms with Gasteiger partial charge in [-0.05, 0) is 0 Å². The van der Waals surface area contributed by atoms with Crippen molar-refractivity contribution in [2.45, 2.75) is 0 Å². The van der Waals surface area contributed by atoms with Gasteiger partial charge in [0.15, 0.2) is 0 Å². The fourth-order valence-corrected chi connectivity index (χ4v) is 0. The van der Waals surface area contributed by atoms with Crippen molar-refractivity contribution in [3.63, 3.8) is 0 Å². The molecule has 0 aromatic heterocycles. The molecule has 0 fully saturated rings. The molecular weight excluding hydrogens is 199 g/mol. The molecular formula is CH3AlBr2. The van der Waals surface area contributed by atoms with Crippen LogP contribution in [0.2, 0.25) is 0 Å². The largest absolute Gasteiger partial charge is 0.358 e. The molecule has 0 nitrogen and oxygen atoms in total. The quantitative estimate of drug-likeness (QED) is 0.414. The summed E-state index contributed by atoms with van der Waals surface area (Å²) in [6, 6.07) is 0. The van der Waals surface area contributed by atoms with E-state index < -0.39 is 0 Å². The zero-order valence-corrected chi connectivity index (χ0v) is 6.66. The van der Waals surface area contributed by atoms with E-state index >= 15 is 0 Å². The van der Waals surface area contributed by atoms with Crippen molar-refractivity contribution in [2.75, 3.05) is 0 Å². The summed E-state index contributed by atoms with van der Waals surface area (Å²) < 4.78 is 0. The summed E-state index contributed by atoms with van der Waals surface area (Å²) in [4.78, 5) is 0. The van der Waals surface area contributed by atoms with Crippen LogP contribution in [0.5, 0.6) is 0 Å². The minimum absolute atomic E-state index is 0. The van der Waals surface area contributed by atoms with Crippen LogP contribution in [0.1, 0.15) is 0 Å². The molecule has 0 amide bonds. The monoisotopic (exact) mass is 200 g/mol. The van der Waals surface area contributed by atoms with E-state index in [-0.39, 0.29) is 7.43 Å². The minimum atomic E-state index is 0. The fraction of sp³-hybridized carbons (Fsp3) is 0. The van der Waals surface area contributed by atoms with Gasteiger partial charge in [-0.3, -0.25) is 0 Å². The maximum Gasteiger partial charge on any atom is -0.358 e. The van der Waals surface area contributed by atoms with E-state index in [0.717, 1.165) is 0 Å². The van der Waals surface area contributed by atoms with Crippen LogP contribution in [-0.2, 0) is 0 Å². The first-order valence-corrected chi connectivity index (χ1v) is 6.80. The maximum absolute atomic E-state index is 3.15. The molecule has 0 unspecified atom stereocenters. The third-order valence-electron chi connectivity index (χ3n) is 0. The Kier molecular flexibility index (Phi) is 20.0. The zero-order valence-electron chi connectivity index (χ0n) is 2.33. The van der Waals surface area contributed by atoms with Crippen molar-refractivity contribution in [2.24, 2.45) is 0 Å². The molecule has 0 atom stereocenters. The van der Waals surface area contributed by atoms with Gasteiger partial charge in [0.2, 0.25) is 0 Å². The maximum atomic E-state index is 3.15. The van der Waals surface area contributed by atoms with Crippen LogP contribution < -0.4 is 0 Å². The van der Waals surface area contributed by atoms with Crippen LogP contribution in [0.4, 0.5) is 0 Å². The standard InChI is InChI=1S/CH3.Al.2BrH/h1H3;;2*1H/q-1;+3;;/p-2. The van der Waals surface area contributed by atoms with Crippen molar-refractivity contribution >= 4 is 39.7 Å². The van der Waals surface area contributed by atoms with E-state index in [4.69, 9.17) is 0 Å². The van der Waals surface area contributed by atoms with Gasteiger partial charge in [0.25, 0.3) is 0 Å². The molecule has 0 bridgehead atoms. The second-order valence-corrected chi connectivity index (χ2v) is 6.68. The Hall–Kier alpha value is 1.49. The first-order valence-electron chi connectivity index (χ1n) is 0.436. The van der Waals surface area contributed by atoms with Crippen LogP contribution in [0.25, 0.3) is 0 Å². The first-order chi connectivity index (χ1) is 1.41. The van der Waals surface area contributed by atoms with Gasteiger partial charge in [-0.15, -0.1) is 0 Å². The second-order valence-electron chi connectivity index (χ2n) is 0.0825. The molecule has 0 aromatic rings. The predicted octanol–water partition coefficient (Wildman–Crippen LogP) is 1.76. The third kappa shape index (κ3) is 9.74. The van der Waals surface area contributed by atoms with Crippen LogP contribution in [-0.4, -0.2) is 11.6 Å². The average molecular weight is 202 g/mol. The predicted molar refractivity (Wildman–Crippen MR) is 30.0 cm³/mol. The van der Waals surface area contributed by atoms with Gasteiger partial charge in [0, 0.05) is 0 Å². The van der Waals surface area contributed by atoms with Crippen LogP contribution in [0.3, 0.4) is 0 Å². The number of halogens is 2. The summed E-state index contributed by atoms with van der Waals surface area (Å²) in [6.45, 7) is 0. The van der Waals surface area contributed by atoms with Gasteiger partial charge in [-0.25, -0.2) is 0 Å². The average Bonchev–Trinajstić information content (AvgIpc) is 0.918. The number of hydrogen-bond donors (Lipinski definition) is 0. The van der Waals surface area contributed by atoms with Gasteiger partial charge in [0.05, 0.1) is 0 Å². The number of hydrogen-bond acceptors (Lipinski definition) is 0. The molecule has 0 aromatic carbocycles. The Balaban J connectivity index is 0. The van der Waals surface area contributed by atoms with Gasteiger partial charge in [-0.2, -0.15) is 0 Å². The first kappa shape index (κ1) is 9.09. The molecule has 0 saturated carbocycles. The molecule has 0 N–H and O–H groups in total. The Morgan fingerprint density at radius 1 is 1.25 bits per heavy atom. The summed E-state index contributed by atoms with van der Waals surface area (Å²) in [5.74, 6) is 0. The molecule has 0 spiro atoms.